The van der Waals surface area contributed by atoms with E-state index in [1.807, 2.05) is 13.8 Å². The Morgan fingerprint density at radius 3 is 2.71 bits per heavy atom. The van der Waals surface area contributed by atoms with E-state index in [0.717, 1.165) is 5.69 Å². The molecule has 1 aromatic heterocycles. The van der Waals surface area contributed by atoms with Crippen molar-refractivity contribution in [1.82, 2.24) is 21.0 Å². The molecule has 1 amide bonds. The second-order valence-corrected chi connectivity index (χ2v) is 4.97. The van der Waals surface area contributed by atoms with Crippen molar-refractivity contribution in [2.75, 3.05) is 0 Å². The van der Waals surface area contributed by atoms with E-state index in [1.54, 1.807) is 30.3 Å². The highest BCUT2D eigenvalue weighted by atomic mass is 16.3. The molecule has 0 radical (unpaired) electrons. The molecule has 2 aromatic rings. The molecular weight excluding hydrogens is 268 g/mol. The van der Waals surface area contributed by atoms with Crippen molar-refractivity contribution in [3.05, 3.63) is 53.9 Å². The Hall–Kier alpha value is -2.76. The van der Waals surface area contributed by atoms with Gasteiger partial charge in [0.15, 0.2) is 5.69 Å². The average molecular weight is 286 g/mol. The predicted molar refractivity (Wildman–Crippen MR) is 80.4 cm³/mol. The lowest BCUT2D eigenvalue weighted by Crippen LogP contribution is -2.36. The predicted octanol–water partition coefficient (Wildman–Crippen LogP) is 2.14. The molecule has 0 spiro atoms. The van der Waals surface area contributed by atoms with Gasteiger partial charge in [0.05, 0.1) is 5.70 Å². The number of amides is 1. The molecule has 0 saturated carbocycles. The van der Waals surface area contributed by atoms with Crippen molar-refractivity contribution in [1.29, 1.82) is 0 Å². The average Bonchev–Trinajstić information content (AvgIpc) is 2.94. The summed E-state index contributed by atoms with van der Waals surface area (Å²) in [6.45, 7) is 7.82. The molecule has 0 atom stereocenters. The molecule has 21 heavy (non-hydrogen) atoms. The summed E-state index contributed by atoms with van der Waals surface area (Å²) < 4.78 is 0. The molecule has 0 fully saturated rings. The summed E-state index contributed by atoms with van der Waals surface area (Å²) in [5.41, 5.74) is 7.57. The largest absolute Gasteiger partial charge is 0.508 e. The maximum absolute atomic E-state index is 11.9. The minimum atomic E-state index is -0.362. The lowest BCUT2D eigenvalue weighted by atomic mass is 10.1. The normalized spacial score (nSPS) is 10.4. The lowest BCUT2D eigenvalue weighted by Gasteiger charge is -2.10. The summed E-state index contributed by atoms with van der Waals surface area (Å²) in [7, 11) is 0. The first-order chi connectivity index (χ1) is 9.97. The van der Waals surface area contributed by atoms with E-state index in [4.69, 9.17) is 0 Å². The molecule has 0 saturated heterocycles. The highest BCUT2D eigenvalue weighted by Gasteiger charge is 2.12. The van der Waals surface area contributed by atoms with Crippen LogP contribution in [0, 0.1) is 0 Å². The fourth-order valence-electron chi connectivity index (χ4n) is 1.71. The number of carbonyl (C=O) groups is 1. The first kappa shape index (κ1) is 14.6. The van der Waals surface area contributed by atoms with Crippen LogP contribution in [0.25, 0.3) is 5.70 Å². The molecule has 6 heteroatoms. The molecule has 0 bridgehead atoms. The molecule has 0 aliphatic carbocycles. The molecule has 1 aromatic carbocycles. The summed E-state index contributed by atoms with van der Waals surface area (Å²) in [6.07, 6.45) is 0. The number of nitrogens with zero attached hydrogens (tertiary/aromatic N) is 1. The molecule has 0 unspecified atom stereocenters. The van der Waals surface area contributed by atoms with Crippen molar-refractivity contribution in [2.45, 2.75) is 19.8 Å². The molecule has 0 aliphatic rings. The molecule has 0 aliphatic heterocycles. The Bertz CT molecular complexity index is 661. The van der Waals surface area contributed by atoms with E-state index in [0.29, 0.717) is 17.0 Å². The van der Waals surface area contributed by atoms with Crippen LogP contribution < -0.4 is 10.9 Å². The zero-order valence-electron chi connectivity index (χ0n) is 12.0. The van der Waals surface area contributed by atoms with Crippen molar-refractivity contribution in [3.63, 3.8) is 0 Å². The SMILES string of the molecule is C=C(NNC(=O)c1cc(C(C)C)[nH]n1)c1cccc(O)c1. The molecular formula is C15H18N4O2. The van der Waals surface area contributed by atoms with Crippen molar-refractivity contribution >= 4 is 11.6 Å². The van der Waals surface area contributed by atoms with E-state index >= 15 is 0 Å². The second-order valence-electron chi connectivity index (χ2n) is 4.97. The molecule has 110 valence electrons. The van der Waals surface area contributed by atoms with Gasteiger partial charge in [0.1, 0.15) is 5.75 Å². The zero-order valence-corrected chi connectivity index (χ0v) is 12.0. The van der Waals surface area contributed by atoms with Crippen molar-refractivity contribution < 1.29 is 9.90 Å². The topological polar surface area (TPSA) is 90.0 Å². The standard InChI is InChI=1S/C15H18N4O2/c1-9(2)13-8-14(18-17-13)15(21)19-16-10(3)11-5-4-6-12(20)7-11/h4-9,16,20H,3H2,1-2H3,(H,17,18)(H,19,21). The second kappa shape index (κ2) is 6.13. The van der Waals surface area contributed by atoms with Gasteiger partial charge in [-0.1, -0.05) is 32.6 Å². The first-order valence-electron chi connectivity index (χ1n) is 6.57. The first-order valence-corrected chi connectivity index (χ1v) is 6.57. The van der Waals surface area contributed by atoms with Gasteiger partial charge in [-0.3, -0.25) is 20.7 Å². The van der Waals surface area contributed by atoms with Crippen LogP contribution in [0.2, 0.25) is 0 Å². The number of phenols is 1. The quantitative estimate of drug-likeness (QED) is 0.634. The summed E-state index contributed by atoms with van der Waals surface area (Å²) >= 11 is 0. The highest BCUT2D eigenvalue weighted by molar-refractivity contribution is 5.92. The van der Waals surface area contributed by atoms with E-state index in [9.17, 15) is 9.90 Å². The molecule has 1 heterocycles. The van der Waals surface area contributed by atoms with Gasteiger partial charge < -0.3 is 5.11 Å². The van der Waals surface area contributed by atoms with Crippen LogP contribution in [0.1, 0.15) is 41.5 Å². The number of phenolic OH excluding ortho intramolecular Hbond substituents is 1. The Morgan fingerprint density at radius 1 is 1.33 bits per heavy atom. The van der Waals surface area contributed by atoms with Gasteiger partial charge in [-0.25, -0.2) is 0 Å². The number of hydrazine groups is 1. The minimum absolute atomic E-state index is 0.135. The van der Waals surface area contributed by atoms with Gasteiger partial charge >= 0.3 is 0 Å². The van der Waals surface area contributed by atoms with Crippen LogP contribution >= 0.6 is 0 Å². The van der Waals surface area contributed by atoms with Gasteiger partial charge in [0.25, 0.3) is 5.91 Å². The van der Waals surface area contributed by atoms with Crippen LogP contribution in [0.15, 0.2) is 36.9 Å². The van der Waals surface area contributed by atoms with Gasteiger partial charge in [0.2, 0.25) is 0 Å². The Kier molecular flexibility index (Phi) is 4.27. The maximum Gasteiger partial charge on any atom is 0.290 e. The van der Waals surface area contributed by atoms with Gasteiger partial charge in [-0.2, -0.15) is 5.10 Å². The smallest absolute Gasteiger partial charge is 0.290 e. The van der Waals surface area contributed by atoms with E-state index in [1.165, 1.54) is 0 Å². The van der Waals surface area contributed by atoms with Crippen LogP contribution in [-0.2, 0) is 0 Å². The number of aromatic amines is 1. The minimum Gasteiger partial charge on any atom is -0.508 e. The third-order valence-corrected chi connectivity index (χ3v) is 2.97. The Labute approximate surface area is 122 Å². The van der Waals surface area contributed by atoms with Crippen LogP contribution in [0.5, 0.6) is 5.75 Å². The number of benzene rings is 1. The summed E-state index contributed by atoms with van der Waals surface area (Å²) in [6, 6.07) is 8.28. The van der Waals surface area contributed by atoms with Gasteiger partial charge in [-0.15, -0.1) is 0 Å². The number of carbonyl (C=O) groups excluding carboxylic acids is 1. The molecule has 2 rings (SSSR count). The van der Waals surface area contributed by atoms with Crippen LogP contribution in [0.3, 0.4) is 0 Å². The number of aromatic hydroxyl groups is 1. The Balaban J connectivity index is 1.95. The third-order valence-electron chi connectivity index (χ3n) is 2.97. The van der Waals surface area contributed by atoms with Crippen LogP contribution in [-0.4, -0.2) is 21.2 Å². The van der Waals surface area contributed by atoms with Gasteiger partial charge in [-0.05, 0) is 24.1 Å². The number of hydrogen-bond donors (Lipinski definition) is 4. The fraction of sp³-hybridized carbons (Fsp3) is 0.200. The summed E-state index contributed by atoms with van der Waals surface area (Å²) in [4.78, 5) is 11.9. The monoisotopic (exact) mass is 286 g/mol. The van der Waals surface area contributed by atoms with Gasteiger partial charge in [0, 0.05) is 11.3 Å². The van der Waals surface area contributed by atoms with Crippen molar-refractivity contribution in [2.24, 2.45) is 0 Å². The summed E-state index contributed by atoms with van der Waals surface area (Å²) in [5.74, 6) is 0.0457. The highest BCUT2D eigenvalue weighted by Crippen LogP contribution is 2.15. The number of H-pyrrole nitrogens is 1. The Morgan fingerprint density at radius 2 is 2.10 bits per heavy atom. The van der Waals surface area contributed by atoms with Crippen LogP contribution in [0.4, 0.5) is 0 Å². The third kappa shape index (κ3) is 3.62. The van der Waals surface area contributed by atoms with E-state index < -0.39 is 0 Å². The molecule has 4 N–H and O–H groups in total. The van der Waals surface area contributed by atoms with Crippen molar-refractivity contribution in [3.8, 4) is 5.75 Å². The molecule has 6 nitrogen and oxygen atoms in total. The summed E-state index contributed by atoms with van der Waals surface area (Å²) in [5, 5.41) is 16.2. The fourth-order valence-corrected chi connectivity index (χ4v) is 1.71. The number of aromatic nitrogens is 2. The van der Waals surface area contributed by atoms with E-state index in [2.05, 4.69) is 27.6 Å². The number of rotatable bonds is 5. The number of hydrogen-bond acceptors (Lipinski definition) is 4. The zero-order chi connectivity index (χ0) is 15.4. The lowest BCUT2D eigenvalue weighted by molar-refractivity contribution is 0.0937. The van der Waals surface area contributed by atoms with E-state index in [-0.39, 0.29) is 17.6 Å². The number of nitrogens with one attached hydrogen (secondary N) is 3. The maximum atomic E-state index is 11.9.